The number of fused-ring (bicyclic) bond motifs is 3. The van der Waals surface area contributed by atoms with Crippen LogP contribution in [0, 0.1) is 16.0 Å². The third-order valence-electron chi connectivity index (χ3n) is 6.38. The Morgan fingerprint density at radius 3 is 2.73 bits per heavy atom. The van der Waals surface area contributed by atoms with Gasteiger partial charge in [0.1, 0.15) is 0 Å². The third kappa shape index (κ3) is 3.82. The second-order valence-corrected chi connectivity index (χ2v) is 8.26. The van der Waals surface area contributed by atoms with Gasteiger partial charge in [-0.05, 0) is 47.7 Å². The third-order valence-corrected chi connectivity index (χ3v) is 6.38. The van der Waals surface area contributed by atoms with Crippen molar-refractivity contribution in [1.29, 1.82) is 0 Å². The lowest BCUT2D eigenvalue weighted by Gasteiger charge is -2.37. The minimum atomic E-state index is -0.648. The number of benzene rings is 3. The summed E-state index contributed by atoms with van der Waals surface area (Å²) >= 11 is 0. The molecule has 2 aliphatic rings. The zero-order valence-electron chi connectivity index (χ0n) is 18.0. The summed E-state index contributed by atoms with van der Waals surface area (Å²) in [6.07, 6.45) is 7.16. The maximum atomic E-state index is 11.2. The fourth-order valence-electron chi connectivity index (χ4n) is 4.77. The van der Waals surface area contributed by atoms with E-state index in [0.717, 1.165) is 12.1 Å². The first-order valence-corrected chi connectivity index (χ1v) is 10.8. The van der Waals surface area contributed by atoms with Crippen LogP contribution in [0.3, 0.4) is 0 Å². The van der Waals surface area contributed by atoms with Crippen LogP contribution >= 0.6 is 0 Å². The Labute approximate surface area is 191 Å². The number of allylic oxidation sites excluding steroid dienone is 2. The smallest absolute Gasteiger partial charge is 0.315 e. The normalized spacial score (nSPS) is 20.8. The van der Waals surface area contributed by atoms with Gasteiger partial charge in [0.25, 0.3) is 0 Å². The van der Waals surface area contributed by atoms with Gasteiger partial charge < -0.3 is 15.2 Å². The van der Waals surface area contributed by atoms with Gasteiger partial charge in [-0.25, -0.2) is 0 Å². The van der Waals surface area contributed by atoms with Crippen LogP contribution < -0.4 is 10.1 Å². The topological polar surface area (TPSA) is 97.0 Å². The van der Waals surface area contributed by atoms with Crippen LogP contribution in [0.4, 0.5) is 17.1 Å². The second kappa shape index (κ2) is 8.43. The highest BCUT2D eigenvalue weighted by Gasteiger charge is 2.37. The summed E-state index contributed by atoms with van der Waals surface area (Å²) in [6.45, 7) is 0. The summed E-state index contributed by atoms with van der Waals surface area (Å²) in [5.41, 5.74) is 4.50. The van der Waals surface area contributed by atoms with Crippen LogP contribution in [0.15, 0.2) is 77.8 Å². The summed E-state index contributed by atoms with van der Waals surface area (Å²) < 4.78 is 5.04. The first-order valence-electron chi connectivity index (χ1n) is 10.8. The zero-order valence-corrected chi connectivity index (χ0v) is 18.0. The van der Waals surface area contributed by atoms with Gasteiger partial charge in [0.15, 0.2) is 5.75 Å². The van der Waals surface area contributed by atoms with E-state index in [1.165, 1.54) is 42.3 Å². The summed E-state index contributed by atoms with van der Waals surface area (Å²) in [5, 5.41) is 24.8. The molecular formula is C26H23N3O4. The number of phenols is 1. The molecule has 0 fully saturated rings. The second-order valence-electron chi connectivity index (χ2n) is 8.26. The number of nitro groups is 1. The summed E-state index contributed by atoms with van der Waals surface area (Å²) in [6, 6.07) is 19.5. The van der Waals surface area contributed by atoms with Crippen molar-refractivity contribution < 1.29 is 14.8 Å². The molecule has 2 N–H and O–H groups in total. The molecule has 0 spiro atoms. The molecule has 0 aromatic heterocycles. The van der Waals surface area contributed by atoms with Gasteiger partial charge in [-0.1, -0.05) is 42.5 Å². The van der Waals surface area contributed by atoms with Crippen molar-refractivity contribution in [3.8, 4) is 11.5 Å². The van der Waals surface area contributed by atoms with E-state index in [-0.39, 0.29) is 11.8 Å². The quantitative estimate of drug-likeness (QED) is 0.223. The largest absolute Gasteiger partial charge is 0.500 e. The first-order chi connectivity index (χ1) is 16.0. The number of nitro benzene ring substituents is 1. The Morgan fingerprint density at radius 1 is 1.18 bits per heavy atom. The molecule has 0 radical (unpaired) electrons. The number of nitrogens with one attached hydrogen (secondary N) is 1. The maximum absolute atomic E-state index is 11.2. The van der Waals surface area contributed by atoms with Crippen LogP contribution in [-0.4, -0.2) is 23.4 Å². The van der Waals surface area contributed by atoms with Gasteiger partial charge in [0.05, 0.1) is 23.8 Å². The van der Waals surface area contributed by atoms with Crippen LogP contribution in [-0.2, 0) is 0 Å². The monoisotopic (exact) mass is 441 g/mol. The van der Waals surface area contributed by atoms with Crippen LogP contribution in [0.2, 0.25) is 0 Å². The average Bonchev–Trinajstić information content (AvgIpc) is 3.33. The molecule has 7 nitrogen and oxygen atoms in total. The number of para-hydroxylation sites is 1. The highest BCUT2D eigenvalue weighted by atomic mass is 16.6. The van der Waals surface area contributed by atoms with Gasteiger partial charge in [-0.2, -0.15) is 0 Å². The van der Waals surface area contributed by atoms with E-state index in [0.29, 0.717) is 17.4 Å². The van der Waals surface area contributed by atoms with E-state index in [4.69, 9.17) is 4.74 Å². The van der Waals surface area contributed by atoms with Crippen LogP contribution in [0.25, 0.3) is 0 Å². The molecular weight excluding hydrogens is 418 g/mol. The van der Waals surface area contributed by atoms with E-state index in [9.17, 15) is 15.2 Å². The molecule has 0 unspecified atom stereocenters. The molecule has 3 aromatic rings. The number of aromatic hydroxyl groups is 1. The number of hydrogen-bond donors (Lipinski definition) is 2. The van der Waals surface area contributed by atoms with Crippen molar-refractivity contribution in [1.82, 2.24) is 0 Å². The molecule has 3 aromatic carbocycles. The highest BCUT2D eigenvalue weighted by molar-refractivity contribution is 5.85. The number of nitrogens with zero attached hydrogens (tertiary/aromatic N) is 2. The molecule has 0 saturated carbocycles. The summed E-state index contributed by atoms with van der Waals surface area (Å²) in [4.78, 5) is 15.0. The van der Waals surface area contributed by atoms with E-state index in [1.807, 2.05) is 12.1 Å². The van der Waals surface area contributed by atoms with Gasteiger partial charge in [-0.3, -0.25) is 15.1 Å². The Kier molecular flexibility index (Phi) is 5.30. The van der Waals surface area contributed by atoms with Crippen molar-refractivity contribution in [2.24, 2.45) is 10.9 Å². The standard InChI is InChI=1S/C26H23N3O4/c1-33-24-14-16(13-23(26(24)30)29(31)32)15-27-18-11-9-17(10-12-18)25-21-7-4-6-19(21)20-5-2-3-8-22(20)28-25/h2-6,8-15,19,21,25,28,30H,7H2,1H3/t19-,21+,25-/m0/s1. The fraction of sp³-hybridized carbons (Fsp3) is 0.192. The lowest BCUT2D eigenvalue weighted by Crippen LogP contribution is -2.28. The van der Waals surface area contributed by atoms with Crippen molar-refractivity contribution in [2.45, 2.75) is 18.4 Å². The number of phenolic OH excluding ortho intramolecular Hbond substituents is 1. The van der Waals surface area contributed by atoms with Crippen LogP contribution in [0.5, 0.6) is 11.5 Å². The molecule has 7 heteroatoms. The summed E-state index contributed by atoms with van der Waals surface area (Å²) in [7, 11) is 1.35. The van der Waals surface area contributed by atoms with E-state index >= 15 is 0 Å². The number of anilines is 1. The molecule has 1 aliphatic carbocycles. The lowest BCUT2D eigenvalue weighted by molar-refractivity contribution is -0.386. The first kappa shape index (κ1) is 20.8. The Balaban J connectivity index is 1.38. The SMILES string of the molecule is COc1cc(C=Nc2ccc([C@@H]3Nc4ccccc4[C@@H]4C=CC[C@H]43)cc2)cc([N+](=O)[O-])c1O. The molecule has 5 rings (SSSR count). The molecule has 0 saturated heterocycles. The Bertz CT molecular complexity index is 1270. The molecule has 1 heterocycles. The van der Waals surface area contributed by atoms with Crippen molar-refractivity contribution in [2.75, 3.05) is 12.4 Å². The number of ether oxygens (including phenoxy) is 1. The van der Waals surface area contributed by atoms with Gasteiger partial charge in [0.2, 0.25) is 5.75 Å². The van der Waals surface area contributed by atoms with E-state index in [1.54, 1.807) is 0 Å². The average molecular weight is 441 g/mol. The van der Waals surface area contributed by atoms with Crippen molar-refractivity contribution in [3.05, 3.63) is 99.6 Å². The van der Waals surface area contributed by atoms with Crippen molar-refractivity contribution in [3.63, 3.8) is 0 Å². The fourth-order valence-corrected chi connectivity index (χ4v) is 4.77. The van der Waals surface area contributed by atoms with Crippen molar-refractivity contribution >= 4 is 23.3 Å². The minimum absolute atomic E-state index is 0.0318. The molecule has 166 valence electrons. The molecule has 33 heavy (non-hydrogen) atoms. The van der Waals surface area contributed by atoms with Gasteiger partial charge in [0, 0.05) is 29.4 Å². The number of rotatable bonds is 5. The van der Waals surface area contributed by atoms with Crippen LogP contribution in [0.1, 0.15) is 35.1 Å². The Hall–Kier alpha value is -4.13. The Morgan fingerprint density at radius 2 is 1.97 bits per heavy atom. The molecule has 3 atom stereocenters. The van der Waals surface area contributed by atoms with E-state index in [2.05, 4.69) is 58.9 Å². The van der Waals surface area contributed by atoms with Gasteiger partial charge >= 0.3 is 5.69 Å². The molecule has 0 amide bonds. The number of hydrogen-bond acceptors (Lipinski definition) is 6. The maximum Gasteiger partial charge on any atom is 0.315 e. The number of aliphatic imine (C=N–C) groups is 1. The number of methoxy groups -OCH3 is 1. The highest BCUT2D eigenvalue weighted by Crippen LogP contribution is 2.49. The summed E-state index contributed by atoms with van der Waals surface area (Å²) in [5.74, 6) is 0.430. The molecule has 1 aliphatic heterocycles. The lowest BCUT2D eigenvalue weighted by atomic mass is 9.77. The van der Waals surface area contributed by atoms with E-state index < -0.39 is 16.4 Å². The predicted molar refractivity (Wildman–Crippen MR) is 128 cm³/mol. The minimum Gasteiger partial charge on any atom is -0.500 e. The predicted octanol–water partition coefficient (Wildman–Crippen LogP) is 5.89. The zero-order chi connectivity index (χ0) is 22.9. The van der Waals surface area contributed by atoms with Gasteiger partial charge in [-0.15, -0.1) is 0 Å². The molecule has 0 bridgehead atoms.